The van der Waals surface area contributed by atoms with E-state index in [1.54, 1.807) is 0 Å². The Morgan fingerprint density at radius 1 is 0.694 bits per heavy atom. The van der Waals surface area contributed by atoms with E-state index in [0.29, 0.717) is 5.92 Å². The quantitative estimate of drug-likeness (QED) is 0.250. The molecule has 2 heteroatoms. The Morgan fingerprint density at radius 3 is 2.39 bits per heavy atom. The van der Waals surface area contributed by atoms with Crippen LogP contribution in [0.15, 0.2) is 108 Å². The van der Waals surface area contributed by atoms with Gasteiger partial charge in [-0.05, 0) is 77.4 Å². The third kappa shape index (κ3) is 2.62. The largest absolute Gasteiger partial charge is 0.456 e. The van der Waals surface area contributed by atoms with Gasteiger partial charge in [-0.1, -0.05) is 73.7 Å². The van der Waals surface area contributed by atoms with Crippen molar-refractivity contribution < 1.29 is 4.42 Å². The summed E-state index contributed by atoms with van der Waals surface area (Å²) in [6.45, 7) is 2.33. The monoisotopic (exact) mass is 463 g/mol. The lowest BCUT2D eigenvalue weighted by Crippen LogP contribution is -2.11. The SMILES string of the molecule is CCC1Cc2ccccc2-c2ccc3c(c21)c1ccccc1n3-c1ccc2oc3ccccc3c2c1. The van der Waals surface area contributed by atoms with E-state index >= 15 is 0 Å². The molecule has 2 heterocycles. The normalized spacial score (nSPS) is 15.1. The third-order valence-corrected chi connectivity index (χ3v) is 8.17. The van der Waals surface area contributed by atoms with E-state index in [4.69, 9.17) is 4.42 Å². The van der Waals surface area contributed by atoms with Crippen molar-refractivity contribution in [3.63, 3.8) is 0 Å². The number of benzene rings is 5. The molecule has 0 saturated heterocycles. The lowest BCUT2D eigenvalue weighted by Gasteiger charge is -2.28. The fourth-order valence-electron chi connectivity index (χ4n) is 6.55. The van der Waals surface area contributed by atoms with Crippen LogP contribution in [0.4, 0.5) is 0 Å². The topological polar surface area (TPSA) is 18.1 Å². The van der Waals surface area contributed by atoms with Crippen LogP contribution in [0.2, 0.25) is 0 Å². The van der Waals surface area contributed by atoms with Gasteiger partial charge in [0.05, 0.1) is 11.0 Å². The molecule has 0 spiro atoms. The van der Waals surface area contributed by atoms with Gasteiger partial charge in [0.1, 0.15) is 11.2 Å². The first kappa shape index (κ1) is 19.9. The summed E-state index contributed by atoms with van der Waals surface area (Å²) < 4.78 is 8.57. The predicted octanol–water partition coefficient (Wildman–Crippen LogP) is 9.40. The molecule has 1 aliphatic carbocycles. The Hall–Kier alpha value is -4.30. The number of rotatable bonds is 2. The number of furan rings is 1. The van der Waals surface area contributed by atoms with Crippen LogP contribution in [-0.4, -0.2) is 4.57 Å². The molecule has 7 aromatic rings. The number of para-hydroxylation sites is 2. The maximum absolute atomic E-state index is 6.13. The van der Waals surface area contributed by atoms with Crippen molar-refractivity contribution in [1.82, 2.24) is 4.57 Å². The molecule has 36 heavy (non-hydrogen) atoms. The number of nitrogens with zero attached hydrogens (tertiary/aromatic N) is 1. The van der Waals surface area contributed by atoms with E-state index in [2.05, 4.69) is 102 Å². The van der Waals surface area contributed by atoms with Crippen molar-refractivity contribution >= 4 is 43.7 Å². The Morgan fingerprint density at radius 2 is 1.47 bits per heavy atom. The maximum atomic E-state index is 6.13. The predicted molar refractivity (Wildman–Crippen MR) is 150 cm³/mol. The molecule has 8 rings (SSSR count). The Bertz CT molecular complexity index is 1970. The Kier molecular flexibility index (Phi) is 4.07. The molecule has 5 aromatic carbocycles. The van der Waals surface area contributed by atoms with Crippen molar-refractivity contribution in [3.8, 4) is 16.8 Å². The highest BCUT2D eigenvalue weighted by atomic mass is 16.3. The first-order valence-electron chi connectivity index (χ1n) is 12.9. The summed E-state index contributed by atoms with van der Waals surface area (Å²) in [6.07, 6.45) is 2.23. The molecule has 0 saturated carbocycles. The molecule has 2 nitrogen and oxygen atoms in total. The van der Waals surface area contributed by atoms with Crippen molar-refractivity contribution in [2.24, 2.45) is 0 Å². The molecule has 0 radical (unpaired) electrons. The molecule has 0 bridgehead atoms. The van der Waals surface area contributed by atoms with Gasteiger partial charge in [0.25, 0.3) is 0 Å². The Balaban J connectivity index is 1.49. The molecular formula is C34H25NO. The van der Waals surface area contributed by atoms with Crippen LogP contribution in [0.5, 0.6) is 0 Å². The second kappa shape index (κ2) is 7.35. The summed E-state index contributed by atoms with van der Waals surface area (Å²) in [6, 6.07) is 37.5. The summed E-state index contributed by atoms with van der Waals surface area (Å²) >= 11 is 0. The van der Waals surface area contributed by atoms with Crippen LogP contribution in [0.1, 0.15) is 30.4 Å². The molecule has 0 fully saturated rings. The van der Waals surface area contributed by atoms with Crippen LogP contribution in [0, 0.1) is 0 Å². The van der Waals surface area contributed by atoms with E-state index in [-0.39, 0.29) is 0 Å². The first-order chi connectivity index (χ1) is 17.8. The smallest absolute Gasteiger partial charge is 0.135 e. The molecule has 2 aromatic heterocycles. The van der Waals surface area contributed by atoms with E-state index in [1.807, 2.05) is 12.1 Å². The zero-order valence-corrected chi connectivity index (χ0v) is 20.2. The van der Waals surface area contributed by atoms with Crippen LogP contribution >= 0.6 is 0 Å². The highest BCUT2D eigenvalue weighted by molar-refractivity contribution is 6.14. The summed E-state index contributed by atoms with van der Waals surface area (Å²) in [5.74, 6) is 0.512. The van der Waals surface area contributed by atoms with E-state index in [1.165, 1.54) is 49.7 Å². The summed E-state index contributed by atoms with van der Waals surface area (Å²) in [5, 5.41) is 5.06. The van der Waals surface area contributed by atoms with Crippen molar-refractivity contribution in [2.45, 2.75) is 25.7 Å². The standard InChI is InChI=1S/C34H25NO/c1-2-21-19-22-9-3-4-10-24(22)26-16-17-30-34(33(21)26)27-12-5-7-13-29(27)35(30)23-15-18-32-28(20-23)25-11-6-8-14-31(25)36-32/h3-18,20-21H,2,19H2,1H3. The van der Waals surface area contributed by atoms with Gasteiger partial charge < -0.3 is 8.98 Å². The van der Waals surface area contributed by atoms with Crippen LogP contribution in [-0.2, 0) is 6.42 Å². The van der Waals surface area contributed by atoms with Crippen LogP contribution in [0.25, 0.3) is 60.6 Å². The Labute approximate surface area is 209 Å². The molecule has 1 unspecified atom stereocenters. The van der Waals surface area contributed by atoms with Gasteiger partial charge in [-0.3, -0.25) is 0 Å². The van der Waals surface area contributed by atoms with E-state index in [0.717, 1.165) is 34.8 Å². The van der Waals surface area contributed by atoms with Gasteiger partial charge in [0.2, 0.25) is 0 Å². The molecular weight excluding hydrogens is 438 g/mol. The minimum absolute atomic E-state index is 0.512. The van der Waals surface area contributed by atoms with Crippen molar-refractivity contribution in [2.75, 3.05) is 0 Å². The van der Waals surface area contributed by atoms with Gasteiger partial charge in [-0.15, -0.1) is 0 Å². The van der Waals surface area contributed by atoms with Gasteiger partial charge in [0.15, 0.2) is 0 Å². The number of hydrogen-bond acceptors (Lipinski definition) is 1. The van der Waals surface area contributed by atoms with Gasteiger partial charge in [-0.2, -0.15) is 0 Å². The molecule has 0 amide bonds. The average molecular weight is 464 g/mol. The fourth-order valence-corrected chi connectivity index (χ4v) is 6.55. The molecule has 0 N–H and O–H groups in total. The van der Waals surface area contributed by atoms with Crippen molar-refractivity contribution in [3.05, 3.63) is 114 Å². The second-order valence-electron chi connectivity index (χ2n) is 10.0. The van der Waals surface area contributed by atoms with Gasteiger partial charge in [-0.25, -0.2) is 0 Å². The zero-order chi connectivity index (χ0) is 23.8. The zero-order valence-electron chi connectivity index (χ0n) is 20.2. The third-order valence-electron chi connectivity index (χ3n) is 8.17. The summed E-state index contributed by atoms with van der Waals surface area (Å²) in [4.78, 5) is 0. The van der Waals surface area contributed by atoms with Crippen LogP contribution in [0.3, 0.4) is 0 Å². The highest BCUT2D eigenvalue weighted by Crippen LogP contribution is 2.47. The minimum Gasteiger partial charge on any atom is -0.456 e. The molecule has 172 valence electrons. The lowest BCUT2D eigenvalue weighted by molar-refractivity contribution is 0.659. The van der Waals surface area contributed by atoms with E-state index < -0.39 is 0 Å². The number of aromatic nitrogens is 1. The fraction of sp³-hybridized carbons (Fsp3) is 0.118. The molecule has 0 aliphatic heterocycles. The average Bonchev–Trinajstić information content (AvgIpc) is 3.47. The maximum Gasteiger partial charge on any atom is 0.135 e. The first-order valence-corrected chi connectivity index (χ1v) is 12.9. The highest BCUT2D eigenvalue weighted by Gasteiger charge is 2.28. The van der Waals surface area contributed by atoms with Gasteiger partial charge in [0, 0.05) is 27.2 Å². The molecule has 1 aliphatic rings. The second-order valence-corrected chi connectivity index (χ2v) is 10.0. The van der Waals surface area contributed by atoms with Gasteiger partial charge >= 0.3 is 0 Å². The number of fused-ring (bicyclic) bond motifs is 10. The summed E-state index contributed by atoms with van der Waals surface area (Å²) in [7, 11) is 0. The van der Waals surface area contributed by atoms with Crippen molar-refractivity contribution in [1.29, 1.82) is 0 Å². The lowest BCUT2D eigenvalue weighted by atomic mass is 9.76. The molecule has 1 atom stereocenters. The summed E-state index contributed by atoms with van der Waals surface area (Å²) in [5.41, 5.74) is 11.3. The number of hydrogen-bond donors (Lipinski definition) is 0. The van der Waals surface area contributed by atoms with E-state index in [9.17, 15) is 0 Å². The minimum atomic E-state index is 0.512. The van der Waals surface area contributed by atoms with Crippen LogP contribution < -0.4 is 0 Å².